The van der Waals surface area contributed by atoms with Crippen LogP contribution in [0.5, 0.6) is 5.75 Å². The molecular formula is C19H12BrF3NNaO3S. The Hall–Kier alpha value is -1.39. The van der Waals surface area contributed by atoms with E-state index in [2.05, 4.69) is 20.9 Å². The molecule has 1 aromatic heterocycles. The number of thiazole rings is 1. The number of alkyl halides is 3. The van der Waals surface area contributed by atoms with Crippen LogP contribution in [0, 0.1) is 0 Å². The first-order chi connectivity index (χ1) is 13.2. The van der Waals surface area contributed by atoms with Gasteiger partial charge in [0.15, 0.2) is 0 Å². The molecule has 0 aliphatic rings. The van der Waals surface area contributed by atoms with Crippen molar-refractivity contribution in [2.45, 2.75) is 19.2 Å². The van der Waals surface area contributed by atoms with Gasteiger partial charge in [-0.2, -0.15) is 13.2 Å². The second kappa shape index (κ2) is 10.1. The predicted molar refractivity (Wildman–Crippen MR) is 99.2 cm³/mol. The van der Waals surface area contributed by atoms with Crippen LogP contribution in [0.2, 0.25) is 0 Å². The maximum Gasteiger partial charge on any atom is 1.00 e. The van der Waals surface area contributed by atoms with Crippen molar-refractivity contribution in [1.82, 2.24) is 4.98 Å². The Kier molecular flexibility index (Phi) is 8.30. The zero-order valence-corrected chi connectivity index (χ0v) is 19.5. The van der Waals surface area contributed by atoms with E-state index in [1.165, 1.54) is 11.4 Å². The van der Waals surface area contributed by atoms with Crippen molar-refractivity contribution in [1.29, 1.82) is 0 Å². The quantitative estimate of drug-likeness (QED) is 0.488. The van der Waals surface area contributed by atoms with Crippen LogP contribution in [0.1, 0.15) is 32.2 Å². The van der Waals surface area contributed by atoms with Crippen LogP contribution in [0.15, 0.2) is 52.3 Å². The monoisotopic (exact) mass is 493 g/mol. The maximum absolute atomic E-state index is 13.1. The SMILES string of the molecule is O=C([O-])c1csc(Cc2cc(C(F)(F)F)ccc2OCc2ccc(Br)cc2)n1.[Na+]. The van der Waals surface area contributed by atoms with E-state index >= 15 is 0 Å². The van der Waals surface area contributed by atoms with Crippen molar-refractivity contribution in [2.75, 3.05) is 0 Å². The molecule has 0 fully saturated rings. The number of carbonyl (C=O) groups excluding carboxylic acids is 1. The summed E-state index contributed by atoms with van der Waals surface area (Å²) in [6.07, 6.45) is -4.49. The molecule has 3 rings (SSSR count). The Balaban J connectivity index is 0.00000300. The molecule has 1 heterocycles. The normalized spacial score (nSPS) is 11.0. The Labute approximate surface area is 199 Å². The van der Waals surface area contributed by atoms with Crippen LogP contribution in [-0.4, -0.2) is 11.0 Å². The molecule has 0 atom stereocenters. The topological polar surface area (TPSA) is 62.2 Å². The third kappa shape index (κ3) is 6.55. The molecule has 3 aromatic rings. The zero-order chi connectivity index (χ0) is 20.3. The number of hydrogen-bond donors (Lipinski definition) is 0. The second-order valence-corrected chi connectivity index (χ2v) is 7.68. The minimum Gasteiger partial charge on any atom is -0.543 e. The summed E-state index contributed by atoms with van der Waals surface area (Å²) in [5, 5.41) is 12.5. The van der Waals surface area contributed by atoms with E-state index in [4.69, 9.17) is 4.74 Å². The Morgan fingerprint density at radius 3 is 2.45 bits per heavy atom. The van der Waals surface area contributed by atoms with Crippen molar-refractivity contribution < 1.29 is 57.4 Å². The van der Waals surface area contributed by atoms with Gasteiger partial charge in [-0.15, -0.1) is 11.3 Å². The number of halogens is 4. The van der Waals surface area contributed by atoms with Gasteiger partial charge in [0.25, 0.3) is 0 Å². The van der Waals surface area contributed by atoms with Gasteiger partial charge in [0.05, 0.1) is 22.2 Å². The summed E-state index contributed by atoms with van der Waals surface area (Å²) in [6, 6.07) is 10.6. The van der Waals surface area contributed by atoms with Crippen LogP contribution in [0.25, 0.3) is 0 Å². The molecule has 0 radical (unpaired) electrons. The molecule has 0 spiro atoms. The third-order valence-corrected chi connectivity index (χ3v) is 5.18. The Bertz CT molecular complexity index is 993. The number of carbonyl (C=O) groups is 1. The van der Waals surface area contributed by atoms with Crippen molar-refractivity contribution in [2.24, 2.45) is 0 Å². The maximum atomic E-state index is 13.1. The van der Waals surface area contributed by atoms with E-state index in [1.54, 1.807) is 0 Å². The van der Waals surface area contributed by atoms with Gasteiger partial charge in [-0.3, -0.25) is 0 Å². The van der Waals surface area contributed by atoms with Gasteiger partial charge < -0.3 is 14.6 Å². The van der Waals surface area contributed by atoms with Crippen molar-refractivity contribution in [3.63, 3.8) is 0 Å². The molecule has 2 aromatic carbocycles. The summed E-state index contributed by atoms with van der Waals surface area (Å²) in [6.45, 7) is 0.174. The van der Waals surface area contributed by atoms with Crippen molar-refractivity contribution in [3.05, 3.63) is 79.7 Å². The average molecular weight is 494 g/mol. The molecule has 0 saturated carbocycles. The van der Waals surface area contributed by atoms with Crippen LogP contribution in [-0.2, 0) is 19.2 Å². The second-order valence-electron chi connectivity index (χ2n) is 5.83. The van der Waals surface area contributed by atoms with Crippen LogP contribution >= 0.6 is 27.3 Å². The largest absolute Gasteiger partial charge is 1.00 e. The summed E-state index contributed by atoms with van der Waals surface area (Å²) in [4.78, 5) is 14.7. The average Bonchev–Trinajstić information content (AvgIpc) is 3.10. The van der Waals surface area contributed by atoms with E-state index in [0.717, 1.165) is 33.5 Å². The zero-order valence-electron chi connectivity index (χ0n) is 15.1. The fourth-order valence-electron chi connectivity index (χ4n) is 2.43. The molecule has 0 saturated heterocycles. The number of benzene rings is 2. The molecular weight excluding hydrogens is 482 g/mol. The predicted octanol–water partition coefficient (Wildman–Crippen LogP) is 1.46. The Morgan fingerprint density at radius 1 is 1.17 bits per heavy atom. The number of nitrogens with zero attached hydrogens (tertiary/aromatic N) is 1. The van der Waals surface area contributed by atoms with Crippen LogP contribution in [0.4, 0.5) is 13.2 Å². The first-order valence-corrected chi connectivity index (χ1v) is 9.63. The molecule has 29 heavy (non-hydrogen) atoms. The van der Waals surface area contributed by atoms with Crippen LogP contribution < -0.4 is 39.4 Å². The minimum atomic E-state index is -4.50. The summed E-state index contributed by atoms with van der Waals surface area (Å²) in [5.74, 6) is -1.15. The number of aromatic nitrogens is 1. The third-order valence-electron chi connectivity index (χ3n) is 3.80. The fourth-order valence-corrected chi connectivity index (χ4v) is 3.48. The molecule has 0 bridgehead atoms. The van der Waals surface area contributed by atoms with Crippen LogP contribution in [0.3, 0.4) is 0 Å². The molecule has 0 amide bonds. The first kappa shape index (κ1) is 23.9. The standard InChI is InChI=1S/C19H13BrF3NO3S.Na/c20-14-4-1-11(2-5-14)9-27-16-6-3-13(19(21,22)23)7-12(16)8-17-24-15(10-28-17)18(25)26;/h1-7,10H,8-9H2,(H,25,26);/q;+1/p-1. The van der Waals surface area contributed by atoms with E-state index in [1.807, 2.05) is 24.3 Å². The van der Waals surface area contributed by atoms with E-state index in [9.17, 15) is 23.1 Å². The van der Waals surface area contributed by atoms with Gasteiger partial charge in [-0.25, -0.2) is 4.98 Å². The van der Waals surface area contributed by atoms with Gasteiger partial charge in [0.2, 0.25) is 0 Å². The van der Waals surface area contributed by atoms with Gasteiger partial charge in [-0.05, 0) is 35.9 Å². The summed E-state index contributed by atoms with van der Waals surface area (Å²) in [7, 11) is 0. The first-order valence-electron chi connectivity index (χ1n) is 7.95. The number of aromatic carboxylic acids is 1. The van der Waals surface area contributed by atoms with Gasteiger partial charge in [0.1, 0.15) is 12.4 Å². The molecule has 0 N–H and O–H groups in total. The molecule has 10 heteroatoms. The molecule has 0 aliphatic heterocycles. The number of rotatable bonds is 6. The molecule has 146 valence electrons. The number of carboxylic acid groups (broad SMARTS) is 1. The van der Waals surface area contributed by atoms with Crippen molar-refractivity contribution in [3.8, 4) is 5.75 Å². The van der Waals surface area contributed by atoms with E-state index < -0.39 is 17.7 Å². The minimum absolute atomic E-state index is 0. The summed E-state index contributed by atoms with van der Waals surface area (Å²) < 4.78 is 45.9. The van der Waals surface area contributed by atoms with E-state index in [0.29, 0.717) is 5.01 Å². The molecule has 0 unspecified atom stereocenters. The number of ether oxygens (including phenoxy) is 1. The van der Waals surface area contributed by atoms with E-state index in [-0.39, 0.29) is 59.6 Å². The van der Waals surface area contributed by atoms with Gasteiger partial charge >= 0.3 is 35.7 Å². The van der Waals surface area contributed by atoms with Gasteiger partial charge in [0, 0.05) is 21.8 Å². The van der Waals surface area contributed by atoms with Gasteiger partial charge in [-0.1, -0.05) is 28.1 Å². The molecule has 0 aliphatic carbocycles. The summed E-state index contributed by atoms with van der Waals surface area (Å²) in [5.41, 5.74) is 0.0631. The fraction of sp³-hybridized carbons (Fsp3) is 0.158. The van der Waals surface area contributed by atoms with Crippen molar-refractivity contribution >= 4 is 33.2 Å². The number of carboxylic acids is 1. The Morgan fingerprint density at radius 2 is 1.86 bits per heavy atom. The smallest absolute Gasteiger partial charge is 0.543 e. The molecule has 4 nitrogen and oxygen atoms in total. The number of hydrogen-bond acceptors (Lipinski definition) is 5. The summed E-state index contributed by atoms with van der Waals surface area (Å²) >= 11 is 4.37.